The van der Waals surface area contributed by atoms with Crippen molar-refractivity contribution in [2.24, 2.45) is 0 Å². The van der Waals surface area contributed by atoms with Gasteiger partial charge in [-0.3, -0.25) is 19.9 Å². The van der Waals surface area contributed by atoms with Crippen molar-refractivity contribution >= 4 is 0 Å². The van der Waals surface area contributed by atoms with Crippen molar-refractivity contribution in [2.45, 2.75) is 60.2 Å². The summed E-state index contributed by atoms with van der Waals surface area (Å²) >= 11 is 0. The second-order valence-electron chi connectivity index (χ2n) is 17.4. The summed E-state index contributed by atoms with van der Waals surface area (Å²) in [4.78, 5) is 17.1. The van der Waals surface area contributed by atoms with E-state index >= 15 is 0 Å². The Morgan fingerprint density at radius 3 is 0.534 bits per heavy atom. The molecule has 8 aromatic rings. The minimum absolute atomic E-state index is 0.0250. The average Bonchev–Trinajstić information content (AvgIpc) is 3.30. The maximum atomic E-state index is 4.28. The van der Waals surface area contributed by atoms with Gasteiger partial charge in [-0.25, -0.2) is 0 Å². The smallest absolute Gasteiger partial charge is 0.0273 e. The molecular weight excluding hydrogens is 705 g/mol. The lowest BCUT2D eigenvalue weighted by atomic mass is 9.32. The quantitative estimate of drug-likeness (QED) is 0.155. The molecule has 0 spiro atoms. The Bertz CT molecular complexity index is 2260. The lowest BCUT2D eigenvalue weighted by Crippen LogP contribution is -2.67. The summed E-state index contributed by atoms with van der Waals surface area (Å²) in [6.45, 7) is 0. The van der Waals surface area contributed by atoms with E-state index in [1.165, 1.54) is 66.8 Å². The van der Waals surface area contributed by atoms with Crippen LogP contribution in [0.15, 0.2) is 195 Å². The van der Waals surface area contributed by atoms with Crippen molar-refractivity contribution in [2.75, 3.05) is 0 Å². The highest BCUT2D eigenvalue weighted by molar-refractivity contribution is 5.67. The first-order valence-corrected chi connectivity index (χ1v) is 20.6. The van der Waals surface area contributed by atoms with E-state index in [4.69, 9.17) is 0 Å². The van der Waals surface area contributed by atoms with Gasteiger partial charge in [0.25, 0.3) is 0 Å². The van der Waals surface area contributed by atoms with Gasteiger partial charge in [-0.1, -0.05) is 97.1 Å². The average molecular weight is 749 g/mol. The highest BCUT2D eigenvalue weighted by atomic mass is 14.7. The van der Waals surface area contributed by atoms with Gasteiger partial charge >= 0.3 is 0 Å². The van der Waals surface area contributed by atoms with Crippen LogP contribution in [-0.4, -0.2) is 19.9 Å². The molecule has 4 bridgehead atoms. The molecule has 0 saturated heterocycles. The fourth-order valence-corrected chi connectivity index (χ4v) is 12.1. The van der Waals surface area contributed by atoms with Crippen LogP contribution in [-0.2, 0) is 21.7 Å². The number of pyridine rings is 4. The van der Waals surface area contributed by atoms with Crippen LogP contribution >= 0.6 is 0 Å². The molecule has 0 radical (unpaired) electrons. The summed E-state index contributed by atoms with van der Waals surface area (Å²) < 4.78 is 0. The highest BCUT2D eigenvalue weighted by Crippen LogP contribution is 2.75. The molecule has 280 valence electrons. The van der Waals surface area contributed by atoms with Gasteiger partial charge in [0.2, 0.25) is 0 Å². The van der Waals surface area contributed by atoms with Gasteiger partial charge in [-0.15, -0.1) is 0 Å². The summed E-state index contributed by atoms with van der Waals surface area (Å²) in [6.07, 6.45) is 21.9. The minimum atomic E-state index is -0.0250. The van der Waals surface area contributed by atoms with Crippen LogP contribution in [0.5, 0.6) is 0 Å². The zero-order chi connectivity index (χ0) is 38.6. The SMILES string of the molecule is c1cc(-c2ccc(C34CC5(c6ccc(-c7ccncc7)cc6)CC(c6ccc(-c7ccncc7)cc6)(C3)CC(c3ccc(-c6ccncc6)cc3)(C4)C5)cc2)ccn1. The lowest BCUT2D eigenvalue weighted by Gasteiger charge is -2.71. The summed E-state index contributed by atoms with van der Waals surface area (Å²) in [5.74, 6) is 0. The van der Waals surface area contributed by atoms with Gasteiger partial charge in [-0.2, -0.15) is 0 Å². The number of hydrogen-bond acceptors (Lipinski definition) is 4. The van der Waals surface area contributed by atoms with Gasteiger partial charge in [0.1, 0.15) is 0 Å². The van der Waals surface area contributed by atoms with Crippen molar-refractivity contribution in [1.82, 2.24) is 19.9 Å². The summed E-state index contributed by atoms with van der Waals surface area (Å²) in [5.41, 5.74) is 15.5. The van der Waals surface area contributed by atoms with E-state index in [9.17, 15) is 0 Å². The van der Waals surface area contributed by atoms with E-state index in [0.29, 0.717) is 0 Å². The second-order valence-corrected chi connectivity index (χ2v) is 17.4. The molecule has 4 aliphatic rings. The van der Waals surface area contributed by atoms with Crippen LogP contribution in [0.3, 0.4) is 0 Å². The first kappa shape index (κ1) is 34.7. The molecule has 4 saturated carbocycles. The third kappa shape index (κ3) is 5.81. The maximum absolute atomic E-state index is 4.28. The largest absolute Gasteiger partial charge is 0.265 e. The Hall–Kier alpha value is -6.52. The Morgan fingerprint density at radius 1 is 0.207 bits per heavy atom. The van der Waals surface area contributed by atoms with Crippen molar-refractivity contribution in [3.05, 3.63) is 217 Å². The maximum Gasteiger partial charge on any atom is 0.0273 e. The first-order valence-electron chi connectivity index (χ1n) is 20.6. The molecule has 4 heteroatoms. The fraction of sp³-hybridized carbons (Fsp3) is 0.185. The van der Waals surface area contributed by atoms with Crippen LogP contribution in [0.4, 0.5) is 0 Å². The molecule has 0 unspecified atom stereocenters. The molecule has 0 N–H and O–H groups in total. The molecular formula is C54H44N4. The van der Waals surface area contributed by atoms with Crippen LogP contribution in [0.2, 0.25) is 0 Å². The van der Waals surface area contributed by atoms with Crippen molar-refractivity contribution in [3.8, 4) is 44.5 Å². The Kier molecular flexibility index (Phi) is 8.11. The predicted molar refractivity (Wildman–Crippen MR) is 233 cm³/mol. The third-order valence-corrected chi connectivity index (χ3v) is 14.1. The summed E-state index contributed by atoms with van der Waals surface area (Å²) in [6, 6.07) is 55.4. The van der Waals surface area contributed by atoms with Gasteiger partial charge in [0.15, 0.2) is 0 Å². The molecule has 4 fully saturated rings. The molecule has 12 rings (SSSR count). The normalized spacial score (nSPS) is 24.4. The van der Waals surface area contributed by atoms with Crippen LogP contribution in [0, 0.1) is 0 Å². The van der Waals surface area contributed by atoms with Crippen molar-refractivity contribution in [3.63, 3.8) is 0 Å². The molecule has 58 heavy (non-hydrogen) atoms. The van der Waals surface area contributed by atoms with Crippen LogP contribution in [0.25, 0.3) is 44.5 Å². The molecule has 4 aromatic carbocycles. The van der Waals surface area contributed by atoms with E-state index in [2.05, 4.69) is 166 Å². The van der Waals surface area contributed by atoms with E-state index in [-0.39, 0.29) is 21.7 Å². The number of hydrogen-bond donors (Lipinski definition) is 0. The molecule has 4 nitrogen and oxygen atoms in total. The molecule has 4 aromatic heterocycles. The lowest BCUT2D eigenvalue weighted by molar-refractivity contribution is -0.0691. The number of rotatable bonds is 8. The van der Waals surface area contributed by atoms with E-state index in [1.807, 2.05) is 49.6 Å². The van der Waals surface area contributed by atoms with Crippen molar-refractivity contribution in [1.29, 1.82) is 0 Å². The van der Waals surface area contributed by atoms with Crippen molar-refractivity contribution < 1.29 is 0 Å². The van der Waals surface area contributed by atoms with Gasteiger partial charge in [0.05, 0.1) is 0 Å². The second kappa shape index (κ2) is 13.6. The fourth-order valence-electron chi connectivity index (χ4n) is 12.1. The minimum Gasteiger partial charge on any atom is -0.265 e. The Morgan fingerprint density at radius 2 is 0.362 bits per heavy atom. The molecule has 0 aliphatic heterocycles. The molecule has 4 aliphatic carbocycles. The van der Waals surface area contributed by atoms with E-state index in [0.717, 1.165) is 38.5 Å². The van der Waals surface area contributed by atoms with E-state index < -0.39 is 0 Å². The standard InChI is InChI=1S/C54H44N4/c1-9-47(10-2-39(1)43-17-25-55-26-18-43)51-33-52(48-11-3-40(4-12-48)44-19-27-56-28-20-44)36-53(34-51,49-13-5-41(6-14-49)45-21-29-57-30-22-45)38-54(35-51,37-52)50-15-7-42(8-16-50)46-23-31-58-32-24-46/h1-32H,33-38H2. The van der Waals surface area contributed by atoms with Crippen LogP contribution < -0.4 is 0 Å². The van der Waals surface area contributed by atoms with E-state index in [1.54, 1.807) is 0 Å². The van der Waals surface area contributed by atoms with Gasteiger partial charge < -0.3 is 0 Å². The monoisotopic (exact) mass is 748 g/mol. The van der Waals surface area contributed by atoms with Gasteiger partial charge in [-0.05, 0) is 175 Å². The predicted octanol–water partition coefficient (Wildman–Crippen LogP) is 12.4. The number of aromatic nitrogens is 4. The topological polar surface area (TPSA) is 51.6 Å². The zero-order valence-electron chi connectivity index (χ0n) is 32.5. The number of nitrogens with zero attached hydrogens (tertiary/aromatic N) is 4. The molecule has 0 amide bonds. The highest BCUT2D eigenvalue weighted by Gasteiger charge is 2.69. The Balaban J connectivity index is 1.09. The summed E-state index contributed by atoms with van der Waals surface area (Å²) in [5, 5.41) is 0. The first-order chi connectivity index (χ1) is 28.5. The summed E-state index contributed by atoms with van der Waals surface area (Å²) in [7, 11) is 0. The number of benzene rings is 4. The van der Waals surface area contributed by atoms with Gasteiger partial charge in [0, 0.05) is 49.6 Å². The zero-order valence-corrected chi connectivity index (χ0v) is 32.5. The molecule has 0 atom stereocenters. The molecule has 4 heterocycles. The third-order valence-electron chi connectivity index (χ3n) is 14.1. The van der Waals surface area contributed by atoms with Crippen LogP contribution in [0.1, 0.15) is 60.8 Å². The Labute approximate surface area is 340 Å².